The lowest BCUT2D eigenvalue weighted by Crippen LogP contribution is -2.42. The van der Waals surface area contributed by atoms with Crippen LogP contribution in [0, 0.1) is 0 Å². The van der Waals surface area contributed by atoms with Gasteiger partial charge in [-0.15, -0.1) is 0 Å². The molecule has 13 heavy (non-hydrogen) atoms. The Labute approximate surface area is 78.1 Å². The molecule has 0 aromatic heterocycles. The number of carbonyl (C=O) groups excluding carboxylic acids is 1. The van der Waals surface area contributed by atoms with Gasteiger partial charge in [0.25, 0.3) is 0 Å². The average Bonchev–Trinajstić information content (AvgIpc) is 2.55. The molecular weight excluding hydrogens is 170 g/mol. The number of nitrogens with two attached hydrogens (primary N) is 1. The Balaban J connectivity index is 2.31. The van der Waals surface area contributed by atoms with Crippen molar-refractivity contribution in [2.24, 2.45) is 5.73 Å². The first kappa shape index (κ1) is 10.5. The number of ether oxygens (including phenoxy) is 1. The topological polar surface area (TPSA) is 72.5 Å². The van der Waals surface area contributed by atoms with Gasteiger partial charge in [-0.05, 0) is 32.6 Å². The highest BCUT2D eigenvalue weighted by Crippen LogP contribution is 2.21. The van der Waals surface area contributed by atoms with E-state index >= 15 is 0 Å². The zero-order valence-electron chi connectivity index (χ0n) is 7.90. The molecule has 0 saturated heterocycles. The first-order chi connectivity index (χ1) is 6.11. The summed E-state index contributed by atoms with van der Waals surface area (Å²) in [6.07, 6.45) is 3.27. The van der Waals surface area contributed by atoms with E-state index in [1.54, 1.807) is 0 Å². The molecule has 1 saturated carbocycles. The second kappa shape index (κ2) is 4.58. The van der Waals surface area contributed by atoms with Gasteiger partial charge in [0.05, 0.1) is 6.10 Å². The van der Waals surface area contributed by atoms with Crippen LogP contribution in [0.2, 0.25) is 0 Å². The summed E-state index contributed by atoms with van der Waals surface area (Å²) in [6, 6.07) is -0.902. The Kier molecular flexibility index (Phi) is 3.69. The fourth-order valence-corrected chi connectivity index (χ4v) is 1.45. The number of rotatable bonds is 3. The zero-order valence-corrected chi connectivity index (χ0v) is 7.90. The standard InChI is InChI=1S/C9H17NO3/c1-6(11)8(10)9(12)13-7-4-2-3-5-7/h6-8,11H,2-5,10H2,1H3/t6-,8+/m1/s1. The first-order valence-corrected chi connectivity index (χ1v) is 4.75. The van der Waals surface area contributed by atoms with Gasteiger partial charge in [-0.25, -0.2) is 0 Å². The number of carbonyl (C=O) groups is 1. The largest absolute Gasteiger partial charge is 0.461 e. The minimum atomic E-state index is -0.902. The Morgan fingerprint density at radius 1 is 1.54 bits per heavy atom. The third-order valence-electron chi connectivity index (χ3n) is 2.38. The molecule has 0 spiro atoms. The van der Waals surface area contributed by atoms with Crippen LogP contribution in [0.1, 0.15) is 32.6 Å². The Hall–Kier alpha value is -0.610. The van der Waals surface area contributed by atoms with Gasteiger partial charge in [0.1, 0.15) is 12.1 Å². The molecule has 0 aromatic carbocycles. The summed E-state index contributed by atoms with van der Waals surface area (Å²) in [4.78, 5) is 11.2. The van der Waals surface area contributed by atoms with Crippen LogP contribution in [0.4, 0.5) is 0 Å². The highest BCUT2D eigenvalue weighted by molar-refractivity contribution is 5.76. The summed E-state index contributed by atoms with van der Waals surface area (Å²) in [7, 11) is 0. The van der Waals surface area contributed by atoms with E-state index in [1.165, 1.54) is 6.92 Å². The van der Waals surface area contributed by atoms with Crippen LogP contribution in [0.5, 0.6) is 0 Å². The van der Waals surface area contributed by atoms with E-state index in [0.717, 1.165) is 25.7 Å². The predicted molar refractivity (Wildman–Crippen MR) is 48.0 cm³/mol. The van der Waals surface area contributed by atoms with E-state index in [9.17, 15) is 4.79 Å². The molecule has 0 aliphatic heterocycles. The first-order valence-electron chi connectivity index (χ1n) is 4.75. The maximum atomic E-state index is 11.2. The highest BCUT2D eigenvalue weighted by atomic mass is 16.5. The Morgan fingerprint density at radius 3 is 2.54 bits per heavy atom. The molecule has 0 radical (unpaired) electrons. The molecule has 0 aromatic rings. The van der Waals surface area contributed by atoms with Crippen LogP contribution in [-0.4, -0.2) is 29.3 Å². The summed E-state index contributed by atoms with van der Waals surface area (Å²) in [5, 5.41) is 9.04. The quantitative estimate of drug-likeness (QED) is 0.618. The molecule has 1 fully saturated rings. The van der Waals surface area contributed by atoms with Gasteiger partial charge in [-0.2, -0.15) is 0 Å². The summed E-state index contributed by atoms with van der Waals surface area (Å²) < 4.78 is 5.11. The average molecular weight is 187 g/mol. The van der Waals surface area contributed by atoms with E-state index in [4.69, 9.17) is 15.6 Å². The van der Waals surface area contributed by atoms with Crippen molar-refractivity contribution in [1.29, 1.82) is 0 Å². The highest BCUT2D eigenvalue weighted by Gasteiger charge is 2.25. The Bertz CT molecular complexity index is 176. The van der Waals surface area contributed by atoms with Crippen LogP contribution in [0.15, 0.2) is 0 Å². The van der Waals surface area contributed by atoms with Crippen LogP contribution < -0.4 is 5.73 Å². The van der Waals surface area contributed by atoms with Gasteiger partial charge in [-0.1, -0.05) is 0 Å². The third kappa shape index (κ3) is 2.97. The fourth-order valence-electron chi connectivity index (χ4n) is 1.45. The van der Waals surface area contributed by atoms with Crippen molar-refractivity contribution in [3.8, 4) is 0 Å². The molecule has 0 unspecified atom stereocenters. The molecule has 1 aliphatic rings. The molecule has 76 valence electrons. The number of aliphatic hydroxyl groups is 1. The second-order valence-electron chi connectivity index (χ2n) is 3.61. The lowest BCUT2D eigenvalue weighted by atomic mass is 10.2. The maximum absolute atomic E-state index is 11.2. The molecule has 0 amide bonds. The van der Waals surface area contributed by atoms with E-state index in [2.05, 4.69) is 0 Å². The van der Waals surface area contributed by atoms with Gasteiger partial charge in [0, 0.05) is 0 Å². The molecule has 1 rings (SSSR count). The van der Waals surface area contributed by atoms with Crippen molar-refractivity contribution in [2.45, 2.75) is 50.9 Å². The molecule has 0 heterocycles. The molecule has 3 N–H and O–H groups in total. The normalized spacial score (nSPS) is 22.7. The number of aliphatic hydroxyl groups excluding tert-OH is 1. The summed E-state index contributed by atoms with van der Waals surface area (Å²) >= 11 is 0. The van der Waals surface area contributed by atoms with E-state index in [1.807, 2.05) is 0 Å². The van der Waals surface area contributed by atoms with Crippen LogP contribution >= 0.6 is 0 Å². The van der Waals surface area contributed by atoms with Crippen molar-refractivity contribution < 1.29 is 14.6 Å². The molecular formula is C9H17NO3. The van der Waals surface area contributed by atoms with Crippen molar-refractivity contribution in [3.05, 3.63) is 0 Å². The maximum Gasteiger partial charge on any atom is 0.325 e. The van der Waals surface area contributed by atoms with Crippen molar-refractivity contribution in [2.75, 3.05) is 0 Å². The number of hydrogen-bond acceptors (Lipinski definition) is 4. The SMILES string of the molecule is C[C@@H](O)[C@H](N)C(=O)OC1CCCC1. The molecule has 4 nitrogen and oxygen atoms in total. The molecule has 4 heteroatoms. The smallest absolute Gasteiger partial charge is 0.325 e. The number of hydrogen-bond donors (Lipinski definition) is 2. The van der Waals surface area contributed by atoms with Crippen molar-refractivity contribution >= 4 is 5.97 Å². The van der Waals surface area contributed by atoms with E-state index < -0.39 is 18.1 Å². The fraction of sp³-hybridized carbons (Fsp3) is 0.889. The van der Waals surface area contributed by atoms with E-state index in [0.29, 0.717) is 0 Å². The monoisotopic (exact) mass is 187 g/mol. The predicted octanol–water partition coefficient (Wildman–Crippen LogP) is 0.180. The van der Waals surface area contributed by atoms with E-state index in [-0.39, 0.29) is 6.10 Å². The van der Waals surface area contributed by atoms with Crippen LogP contribution in [0.25, 0.3) is 0 Å². The molecule has 1 aliphatic carbocycles. The van der Waals surface area contributed by atoms with Crippen LogP contribution in [-0.2, 0) is 9.53 Å². The lowest BCUT2D eigenvalue weighted by molar-refractivity contribution is -0.152. The summed E-state index contributed by atoms with van der Waals surface area (Å²) in [5.74, 6) is -0.484. The zero-order chi connectivity index (χ0) is 9.84. The summed E-state index contributed by atoms with van der Waals surface area (Å²) in [6.45, 7) is 1.49. The van der Waals surface area contributed by atoms with Gasteiger partial charge in [0.2, 0.25) is 0 Å². The van der Waals surface area contributed by atoms with Gasteiger partial charge >= 0.3 is 5.97 Å². The number of esters is 1. The minimum Gasteiger partial charge on any atom is -0.461 e. The van der Waals surface area contributed by atoms with Crippen LogP contribution in [0.3, 0.4) is 0 Å². The Morgan fingerprint density at radius 2 is 2.08 bits per heavy atom. The van der Waals surface area contributed by atoms with Gasteiger partial charge in [0.15, 0.2) is 0 Å². The van der Waals surface area contributed by atoms with Gasteiger partial charge < -0.3 is 15.6 Å². The second-order valence-corrected chi connectivity index (χ2v) is 3.61. The van der Waals surface area contributed by atoms with Crippen molar-refractivity contribution in [1.82, 2.24) is 0 Å². The molecule has 2 atom stereocenters. The molecule has 0 bridgehead atoms. The lowest BCUT2D eigenvalue weighted by Gasteiger charge is -2.17. The van der Waals surface area contributed by atoms with Crippen molar-refractivity contribution in [3.63, 3.8) is 0 Å². The van der Waals surface area contributed by atoms with Gasteiger partial charge in [-0.3, -0.25) is 4.79 Å². The minimum absolute atomic E-state index is 0.0253. The third-order valence-corrected chi connectivity index (χ3v) is 2.38. The summed E-state index contributed by atoms with van der Waals surface area (Å²) in [5.41, 5.74) is 5.41.